The summed E-state index contributed by atoms with van der Waals surface area (Å²) < 4.78 is 0. The number of carbonyl (C=O) groups is 2. The van der Waals surface area contributed by atoms with Crippen LogP contribution < -0.4 is 5.32 Å². The van der Waals surface area contributed by atoms with Gasteiger partial charge < -0.3 is 10.4 Å². The zero-order valence-electron chi connectivity index (χ0n) is 12.6. The third-order valence-electron chi connectivity index (χ3n) is 3.12. The van der Waals surface area contributed by atoms with E-state index < -0.39 is 5.97 Å². The fraction of sp³-hybridized carbons (Fsp3) is 0.500. The van der Waals surface area contributed by atoms with Crippen LogP contribution in [0.5, 0.6) is 0 Å². The van der Waals surface area contributed by atoms with Gasteiger partial charge in [-0.15, -0.1) is 0 Å². The standard InChI is InChI=1S/C16H22ClNO3/c1-10(2)4-12(7-15(19)20)9-18-16(21)13-5-11(3)6-14(17)8-13/h5-6,8,10,12H,4,7,9H2,1-3H3,(H,18,21)(H,19,20). The van der Waals surface area contributed by atoms with Gasteiger partial charge in [0.05, 0.1) is 0 Å². The molecule has 21 heavy (non-hydrogen) atoms. The van der Waals surface area contributed by atoms with Crippen molar-refractivity contribution in [1.29, 1.82) is 0 Å². The van der Waals surface area contributed by atoms with Gasteiger partial charge in [-0.05, 0) is 48.9 Å². The van der Waals surface area contributed by atoms with Gasteiger partial charge in [0.15, 0.2) is 0 Å². The maximum Gasteiger partial charge on any atom is 0.303 e. The van der Waals surface area contributed by atoms with Crippen LogP contribution in [0.2, 0.25) is 5.02 Å². The lowest BCUT2D eigenvalue weighted by atomic mass is 9.94. The Kier molecular flexibility index (Phi) is 6.69. The second kappa shape index (κ2) is 8.03. The summed E-state index contributed by atoms with van der Waals surface area (Å²) >= 11 is 5.94. The van der Waals surface area contributed by atoms with Crippen molar-refractivity contribution >= 4 is 23.5 Å². The Morgan fingerprint density at radius 3 is 2.48 bits per heavy atom. The average molecular weight is 312 g/mol. The van der Waals surface area contributed by atoms with E-state index in [1.54, 1.807) is 18.2 Å². The molecule has 1 atom stereocenters. The molecule has 0 spiro atoms. The summed E-state index contributed by atoms with van der Waals surface area (Å²) in [5.41, 5.74) is 1.41. The zero-order chi connectivity index (χ0) is 16.0. The Balaban J connectivity index is 2.65. The van der Waals surface area contributed by atoms with E-state index in [2.05, 4.69) is 5.32 Å². The van der Waals surface area contributed by atoms with Crippen LogP contribution in [-0.4, -0.2) is 23.5 Å². The van der Waals surface area contributed by atoms with E-state index in [0.717, 1.165) is 12.0 Å². The zero-order valence-corrected chi connectivity index (χ0v) is 13.4. The van der Waals surface area contributed by atoms with Crippen molar-refractivity contribution in [2.75, 3.05) is 6.54 Å². The summed E-state index contributed by atoms with van der Waals surface area (Å²) in [5, 5.41) is 12.2. The first-order chi connectivity index (χ1) is 9.77. The molecule has 2 N–H and O–H groups in total. The first-order valence-electron chi connectivity index (χ1n) is 7.05. The molecule has 1 rings (SSSR count). The van der Waals surface area contributed by atoms with Crippen LogP contribution in [0.4, 0.5) is 0 Å². The molecule has 0 saturated carbocycles. The van der Waals surface area contributed by atoms with Gasteiger partial charge in [-0.1, -0.05) is 25.4 Å². The van der Waals surface area contributed by atoms with E-state index in [1.807, 2.05) is 20.8 Å². The smallest absolute Gasteiger partial charge is 0.303 e. The maximum absolute atomic E-state index is 12.1. The highest BCUT2D eigenvalue weighted by Gasteiger charge is 2.16. The number of halogens is 1. The molecule has 4 nitrogen and oxygen atoms in total. The number of carboxylic acids is 1. The lowest BCUT2D eigenvalue weighted by Gasteiger charge is -2.18. The van der Waals surface area contributed by atoms with Crippen molar-refractivity contribution in [3.8, 4) is 0 Å². The Bertz CT molecular complexity index is 494. The number of carboxylic acid groups (broad SMARTS) is 1. The minimum Gasteiger partial charge on any atom is -0.481 e. The van der Waals surface area contributed by atoms with Crippen LogP contribution in [0.25, 0.3) is 0 Å². The predicted octanol–water partition coefficient (Wildman–Crippen LogP) is 3.52. The van der Waals surface area contributed by atoms with Gasteiger partial charge in [-0.25, -0.2) is 0 Å². The van der Waals surface area contributed by atoms with E-state index in [4.69, 9.17) is 16.7 Å². The number of benzene rings is 1. The van der Waals surface area contributed by atoms with Crippen LogP contribution in [0, 0.1) is 18.8 Å². The number of carbonyl (C=O) groups excluding carboxylic acids is 1. The van der Waals surface area contributed by atoms with Crippen molar-refractivity contribution in [2.24, 2.45) is 11.8 Å². The summed E-state index contributed by atoms with van der Waals surface area (Å²) in [4.78, 5) is 23.0. The monoisotopic (exact) mass is 311 g/mol. The molecule has 0 aliphatic rings. The Hall–Kier alpha value is -1.55. The number of aryl methyl sites for hydroxylation is 1. The second-order valence-corrected chi connectivity index (χ2v) is 6.26. The molecule has 0 aliphatic carbocycles. The van der Waals surface area contributed by atoms with Gasteiger partial charge in [-0.2, -0.15) is 0 Å². The number of aliphatic carboxylic acids is 1. The lowest BCUT2D eigenvalue weighted by Crippen LogP contribution is -2.31. The number of hydrogen-bond acceptors (Lipinski definition) is 2. The molecule has 0 heterocycles. The van der Waals surface area contributed by atoms with Gasteiger partial charge in [0.1, 0.15) is 0 Å². The van der Waals surface area contributed by atoms with Gasteiger partial charge >= 0.3 is 5.97 Å². The van der Waals surface area contributed by atoms with Gasteiger partial charge in [-0.3, -0.25) is 9.59 Å². The maximum atomic E-state index is 12.1. The Morgan fingerprint density at radius 1 is 1.29 bits per heavy atom. The van der Waals surface area contributed by atoms with Crippen LogP contribution in [-0.2, 0) is 4.79 Å². The summed E-state index contributed by atoms with van der Waals surface area (Å²) in [7, 11) is 0. The normalized spacial score (nSPS) is 12.2. The van der Waals surface area contributed by atoms with Crippen molar-refractivity contribution in [1.82, 2.24) is 5.32 Å². The van der Waals surface area contributed by atoms with Crippen LogP contribution >= 0.6 is 11.6 Å². The van der Waals surface area contributed by atoms with Gasteiger partial charge in [0.2, 0.25) is 0 Å². The SMILES string of the molecule is Cc1cc(Cl)cc(C(=O)NCC(CC(=O)O)CC(C)C)c1. The van der Waals surface area contributed by atoms with E-state index in [9.17, 15) is 9.59 Å². The third kappa shape index (κ3) is 6.63. The fourth-order valence-electron chi connectivity index (χ4n) is 2.36. The fourth-order valence-corrected chi connectivity index (χ4v) is 2.65. The highest BCUT2D eigenvalue weighted by atomic mass is 35.5. The molecule has 5 heteroatoms. The minimum absolute atomic E-state index is 0.0625. The Labute approximate surface area is 130 Å². The molecule has 116 valence electrons. The molecule has 1 unspecified atom stereocenters. The molecule has 0 fully saturated rings. The molecular formula is C16H22ClNO3. The van der Waals surface area contributed by atoms with E-state index in [-0.39, 0.29) is 18.2 Å². The first kappa shape index (κ1) is 17.5. The second-order valence-electron chi connectivity index (χ2n) is 5.82. The number of amides is 1. The molecule has 0 saturated heterocycles. The van der Waals surface area contributed by atoms with Crippen molar-refractivity contribution in [3.63, 3.8) is 0 Å². The average Bonchev–Trinajstić information content (AvgIpc) is 2.32. The minimum atomic E-state index is -0.839. The topological polar surface area (TPSA) is 66.4 Å². The quantitative estimate of drug-likeness (QED) is 0.809. The van der Waals surface area contributed by atoms with Crippen molar-refractivity contribution in [3.05, 3.63) is 34.3 Å². The number of rotatable bonds is 7. The molecule has 0 bridgehead atoms. The predicted molar refractivity (Wildman–Crippen MR) is 83.7 cm³/mol. The third-order valence-corrected chi connectivity index (χ3v) is 3.34. The van der Waals surface area contributed by atoms with Crippen LogP contribution in [0.1, 0.15) is 42.6 Å². The number of nitrogens with one attached hydrogen (secondary N) is 1. The summed E-state index contributed by atoms with van der Waals surface area (Å²) in [6.07, 6.45) is 0.828. The highest BCUT2D eigenvalue weighted by Crippen LogP contribution is 2.17. The summed E-state index contributed by atoms with van der Waals surface area (Å²) in [6.45, 7) is 6.30. The van der Waals surface area contributed by atoms with Crippen LogP contribution in [0.15, 0.2) is 18.2 Å². The van der Waals surface area contributed by atoms with E-state index in [0.29, 0.717) is 23.0 Å². The molecule has 1 aromatic rings. The first-order valence-corrected chi connectivity index (χ1v) is 7.43. The highest BCUT2D eigenvalue weighted by molar-refractivity contribution is 6.31. The molecular weight excluding hydrogens is 290 g/mol. The van der Waals surface area contributed by atoms with E-state index in [1.165, 1.54) is 0 Å². The number of hydrogen-bond donors (Lipinski definition) is 2. The lowest BCUT2D eigenvalue weighted by molar-refractivity contribution is -0.138. The van der Waals surface area contributed by atoms with Crippen molar-refractivity contribution in [2.45, 2.75) is 33.6 Å². The molecule has 0 aromatic heterocycles. The molecule has 0 aliphatic heterocycles. The van der Waals surface area contributed by atoms with Gasteiger partial charge in [0.25, 0.3) is 5.91 Å². The van der Waals surface area contributed by atoms with Crippen molar-refractivity contribution < 1.29 is 14.7 Å². The molecule has 1 amide bonds. The molecule has 0 radical (unpaired) electrons. The summed E-state index contributed by atoms with van der Waals surface area (Å²) in [6, 6.07) is 5.15. The Morgan fingerprint density at radius 2 is 1.95 bits per heavy atom. The summed E-state index contributed by atoms with van der Waals surface area (Å²) in [5.74, 6) is -0.736. The molecule has 1 aromatic carbocycles. The van der Waals surface area contributed by atoms with Crippen LogP contribution in [0.3, 0.4) is 0 Å². The van der Waals surface area contributed by atoms with Gasteiger partial charge in [0, 0.05) is 23.6 Å². The van der Waals surface area contributed by atoms with E-state index >= 15 is 0 Å². The largest absolute Gasteiger partial charge is 0.481 e.